The molecule has 1 unspecified atom stereocenters. The molecule has 0 bridgehead atoms. The maximum Gasteiger partial charge on any atom is 0.115 e. The van der Waals surface area contributed by atoms with Crippen LogP contribution in [0.1, 0.15) is 10.9 Å². The van der Waals surface area contributed by atoms with Crippen molar-refractivity contribution in [3.63, 3.8) is 0 Å². The van der Waals surface area contributed by atoms with Crippen molar-refractivity contribution in [3.05, 3.63) is 22.4 Å². The second-order valence-electron chi connectivity index (χ2n) is 2.37. The van der Waals surface area contributed by atoms with Crippen LogP contribution >= 0.6 is 11.3 Å². The Morgan fingerprint density at radius 2 is 2.64 bits per heavy atom. The van der Waals surface area contributed by atoms with Gasteiger partial charge in [-0.1, -0.05) is 6.07 Å². The number of nitrogens with zero attached hydrogens (tertiary/aromatic N) is 2. The molecule has 0 radical (unpaired) electrons. The van der Waals surface area contributed by atoms with E-state index in [0.29, 0.717) is 6.67 Å². The molecule has 0 amide bonds. The fourth-order valence-corrected chi connectivity index (χ4v) is 1.87. The van der Waals surface area contributed by atoms with Crippen LogP contribution in [0.15, 0.2) is 22.5 Å². The molecule has 2 rings (SSSR count). The summed E-state index contributed by atoms with van der Waals surface area (Å²) in [5, 5.41) is 12.5. The lowest BCUT2D eigenvalue weighted by Crippen LogP contribution is -2.19. The first-order valence-corrected chi connectivity index (χ1v) is 4.25. The largest absolute Gasteiger partial charge is 0.311 e. The summed E-state index contributed by atoms with van der Waals surface area (Å²) in [5.41, 5.74) is 0. The molecule has 0 aromatic carbocycles. The van der Waals surface area contributed by atoms with Crippen molar-refractivity contribution < 1.29 is 5.21 Å². The minimum atomic E-state index is -0.0185. The third-order valence-corrected chi connectivity index (χ3v) is 2.57. The van der Waals surface area contributed by atoms with E-state index in [-0.39, 0.29) is 6.04 Å². The highest BCUT2D eigenvalue weighted by Crippen LogP contribution is 2.24. The van der Waals surface area contributed by atoms with Crippen LogP contribution in [0.4, 0.5) is 0 Å². The van der Waals surface area contributed by atoms with E-state index in [2.05, 4.69) is 4.99 Å². The van der Waals surface area contributed by atoms with Gasteiger partial charge in [-0.2, -0.15) is 5.06 Å². The number of rotatable bonds is 1. The molecule has 1 aromatic rings. The summed E-state index contributed by atoms with van der Waals surface area (Å²) in [6.45, 7) is 0.391. The summed E-state index contributed by atoms with van der Waals surface area (Å²) >= 11 is 1.63. The molecule has 0 fully saturated rings. The fourth-order valence-electron chi connectivity index (χ4n) is 1.08. The van der Waals surface area contributed by atoms with Gasteiger partial charge in [-0.25, -0.2) is 0 Å². The molecule has 11 heavy (non-hydrogen) atoms. The summed E-state index contributed by atoms with van der Waals surface area (Å²) < 4.78 is 0. The van der Waals surface area contributed by atoms with Gasteiger partial charge in [-0.3, -0.25) is 4.99 Å². The van der Waals surface area contributed by atoms with Gasteiger partial charge in [0.2, 0.25) is 0 Å². The minimum Gasteiger partial charge on any atom is -0.311 e. The van der Waals surface area contributed by atoms with Crippen LogP contribution in [0.25, 0.3) is 0 Å². The first-order chi connectivity index (χ1) is 5.38. The highest BCUT2D eigenvalue weighted by atomic mass is 32.1. The highest BCUT2D eigenvalue weighted by molar-refractivity contribution is 7.10. The number of thiophene rings is 1. The van der Waals surface area contributed by atoms with Gasteiger partial charge in [0.1, 0.15) is 12.7 Å². The average molecular weight is 168 g/mol. The highest BCUT2D eigenvalue weighted by Gasteiger charge is 2.20. The van der Waals surface area contributed by atoms with Crippen molar-refractivity contribution in [2.45, 2.75) is 6.04 Å². The predicted molar refractivity (Wildman–Crippen MR) is 44.0 cm³/mol. The van der Waals surface area contributed by atoms with Crippen molar-refractivity contribution in [1.82, 2.24) is 5.06 Å². The van der Waals surface area contributed by atoms with Gasteiger partial charge >= 0.3 is 0 Å². The molecular weight excluding hydrogens is 160 g/mol. The zero-order valence-corrected chi connectivity index (χ0v) is 6.66. The first kappa shape index (κ1) is 6.97. The van der Waals surface area contributed by atoms with Crippen LogP contribution in [0.2, 0.25) is 0 Å². The SMILES string of the molecule is ON1CN=CC1c1cccs1. The summed E-state index contributed by atoms with van der Waals surface area (Å²) in [5.74, 6) is 0. The molecule has 3 nitrogen and oxygen atoms in total. The van der Waals surface area contributed by atoms with Crippen molar-refractivity contribution in [2.24, 2.45) is 4.99 Å². The molecule has 1 N–H and O–H groups in total. The Hall–Kier alpha value is -0.710. The van der Waals surface area contributed by atoms with Gasteiger partial charge in [0.15, 0.2) is 0 Å². The molecule has 1 aromatic heterocycles. The third kappa shape index (κ3) is 1.20. The maximum absolute atomic E-state index is 9.28. The van der Waals surface area contributed by atoms with Crippen molar-refractivity contribution in [2.75, 3.05) is 6.67 Å². The normalized spacial score (nSPS) is 24.6. The van der Waals surface area contributed by atoms with Crippen molar-refractivity contribution in [3.8, 4) is 0 Å². The Balaban J connectivity index is 2.23. The van der Waals surface area contributed by atoms with Crippen LogP contribution in [0.3, 0.4) is 0 Å². The second-order valence-corrected chi connectivity index (χ2v) is 3.35. The Morgan fingerprint density at radius 3 is 3.18 bits per heavy atom. The molecule has 1 aliphatic rings. The summed E-state index contributed by atoms with van der Waals surface area (Å²) in [7, 11) is 0. The van der Waals surface area contributed by atoms with Gasteiger partial charge < -0.3 is 5.21 Å². The second kappa shape index (κ2) is 2.73. The van der Waals surface area contributed by atoms with Crippen LogP contribution < -0.4 is 0 Å². The van der Waals surface area contributed by atoms with Crippen LogP contribution in [-0.4, -0.2) is 23.2 Å². The van der Waals surface area contributed by atoms with E-state index in [4.69, 9.17) is 0 Å². The quantitative estimate of drug-likeness (QED) is 0.690. The van der Waals surface area contributed by atoms with Gasteiger partial charge in [0, 0.05) is 11.1 Å². The van der Waals surface area contributed by atoms with Gasteiger partial charge in [-0.15, -0.1) is 11.3 Å². The lowest BCUT2D eigenvalue weighted by Gasteiger charge is -2.12. The zero-order valence-electron chi connectivity index (χ0n) is 5.84. The lowest BCUT2D eigenvalue weighted by molar-refractivity contribution is -0.0960. The monoisotopic (exact) mass is 168 g/mol. The smallest absolute Gasteiger partial charge is 0.115 e. The molecule has 1 atom stereocenters. The summed E-state index contributed by atoms with van der Waals surface area (Å²) in [6.07, 6.45) is 1.77. The van der Waals surface area contributed by atoms with E-state index in [1.165, 1.54) is 5.06 Å². The minimum absolute atomic E-state index is 0.0185. The predicted octanol–water partition coefficient (Wildman–Crippen LogP) is 1.52. The van der Waals surface area contributed by atoms with Gasteiger partial charge in [-0.05, 0) is 11.4 Å². The maximum atomic E-state index is 9.28. The van der Waals surface area contributed by atoms with E-state index >= 15 is 0 Å². The standard InChI is InChI=1S/C7H8N2OS/c10-9-5-8-4-6(9)7-2-1-3-11-7/h1-4,6,10H,5H2. The van der Waals surface area contributed by atoms with Gasteiger partial charge in [0.05, 0.1) is 0 Å². The molecular formula is C7H8N2OS. The molecule has 0 spiro atoms. The van der Waals surface area contributed by atoms with Crippen molar-refractivity contribution in [1.29, 1.82) is 0 Å². The molecule has 0 aliphatic carbocycles. The average Bonchev–Trinajstić information content (AvgIpc) is 2.55. The summed E-state index contributed by atoms with van der Waals surface area (Å²) in [4.78, 5) is 5.09. The Bertz CT molecular complexity index is 257. The Kier molecular flexibility index (Phi) is 1.73. The summed E-state index contributed by atoms with van der Waals surface area (Å²) in [6, 6.07) is 3.95. The van der Waals surface area contributed by atoms with Crippen LogP contribution in [0, 0.1) is 0 Å². The number of hydroxylamine groups is 2. The number of hydrogen-bond acceptors (Lipinski definition) is 4. The van der Waals surface area contributed by atoms with E-state index in [0.717, 1.165) is 4.88 Å². The molecule has 0 saturated carbocycles. The number of hydrogen-bond donors (Lipinski definition) is 1. The molecule has 2 heterocycles. The molecule has 0 saturated heterocycles. The van der Waals surface area contributed by atoms with Gasteiger partial charge in [0.25, 0.3) is 0 Å². The lowest BCUT2D eigenvalue weighted by atomic mass is 10.3. The molecule has 58 valence electrons. The van der Waals surface area contributed by atoms with E-state index < -0.39 is 0 Å². The third-order valence-electron chi connectivity index (χ3n) is 1.63. The van der Waals surface area contributed by atoms with Crippen molar-refractivity contribution >= 4 is 17.6 Å². The van der Waals surface area contributed by atoms with E-state index in [9.17, 15) is 5.21 Å². The van der Waals surface area contributed by atoms with Crippen LogP contribution in [0.5, 0.6) is 0 Å². The Morgan fingerprint density at radius 1 is 1.73 bits per heavy atom. The zero-order chi connectivity index (χ0) is 7.68. The molecule has 1 aliphatic heterocycles. The topological polar surface area (TPSA) is 35.8 Å². The number of aliphatic imine (C=N–C) groups is 1. The van der Waals surface area contributed by atoms with E-state index in [1.807, 2.05) is 17.5 Å². The van der Waals surface area contributed by atoms with Crippen LogP contribution in [-0.2, 0) is 0 Å². The first-order valence-electron chi connectivity index (χ1n) is 3.37. The van der Waals surface area contributed by atoms with E-state index in [1.54, 1.807) is 17.6 Å². The Labute approximate surface area is 68.6 Å². The molecule has 4 heteroatoms. The fraction of sp³-hybridized carbons (Fsp3) is 0.286.